The quantitative estimate of drug-likeness (QED) is 0.659. The number of hydrogen-bond acceptors (Lipinski definition) is 5. The molecule has 2 unspecified atom stereocenters. The molecule has 1 fully saturated rings. The summed E-state index contributed by atoms with van der Waals surface area (Å²) in [5, 5.41) is 2.86. The molecule has 9 heteroatoms. The van der Waals surface area contributed by atoms with Gasteiger partial charge in [-0.25, -0.2) is 13.4 Å². The Morgan fingerprint density at radius 1 is 1.19 bits per heavy atom. The molecule has 0 aliphatic carbocycles. The van der Waals surface area contributed by atoms with Crippen LogP contribution in [0.25, 0.3) is 5.65 Å². The zero-order valence-corrected chi connectivity index (χ0v) is 17.5. The highest BCUT2D eigenvalue weighted by Crippen LogP contribution is 2.29. The van der Waals surface area contributed by atoms with E-state index >= 15 is 0 Å². The summed E-state index contributed by atoms with van der Waals surface area (Å²) in [6, 6.07) is 10.2. The van der Waals surface area contributed by atoms with Crippen molar-refractivity contribution in [2.45, 2.75) is 24.0 Å². The van der Waals surface area contributed by atoms with E-state index in [1.807, 2.05) is 6.08 Å². The standard InChI is InChI=1S/C22H22N4O4S/c27-22(18-3-6-21-23-9-11-25(21)14-18)24-13-16-1-4-19(5-2-16)31(28,29)26-10-7-20-17(15-26)8-12-30-20/h1-6,8-9,11-12,14,17,20H,7,10,13,15H2,(H,24,27). The van der Waals surface area contributed by atoms with Crippen molar-refractivity contribution >= 4 is 21.6 Å². The number of carbonyl (C=O) groups is 1. The number of pyridine rings is 1. The molecule has 2 aliphatic rings. The molecule has 2 aromatic heterocycles. The van der Waals surface area contributed by atoms with E-state index in [2.05, 4.69) is 10.3 Å². The second kappa shape index (κ2) is 7.82. The Balaban J connectivity index is 1.23. The maximum absolute atomic E-state index is 13.0. The van der Waals surface area contributed by atoms with E-state index in [0.717, 1.165) is 11.2 Å². The highest BCUT2D eigenvalue weighted by atomic mass is 32.2. The van der Waals surface area contributed by atoms with Crippen LogP contribution >= 0.6 is 0 Å². The van der Waals surface area contributed by atoms with Crippen molar-refractivity contribution in [3.05, 3.63) is 78.5 Å². The smallest absolute Gasteiger partial charge is 0.253 e. The number of piperidine rings is 1. The van der Waals surface area contributed by atoms with Gasteiger partial charge in [-0.05, 0) is 42.3 Å². The Bertz CT molecular complexity index is 1250. The predicted molar refractivity (Wildman–Crippen MR) is 114 cm³/mol. The molecule has 8 nitrogen and oxygen atoms in total. The SMILES string of the molecule is O=C(NCc1ccc(S(=O)(=O)N2CCC3OC=CC3C2)cc1)c1ccc2nccn2c1. The Morgan fingerprint density at radius 2 is 2.03 bits per heavy atom. The van der Waals surface area contributed by atoms with Gasteiger partial charge in [0.1, 0.15) is 11.8 Å². The van der Waals surface area contributed by atoms with E-state index in [4.69, 9.17) is 4.74 Å². The van der Waals surface area contributed by atoms with Gasteiger partial charge in [0.05, 0.1) is 16.7 Å². The van der Waals surface area contributed by atoms with Crippen LogP contribution in [0.5, 0.6) is 0 Å². The minimum Gasteiger partial charge on any atom is -0.498 e. The molecule has 0 spiro atoms. The first-order chi connectivity index (χ1) is 15.0. The van der Waals surface area contributed by atoms with Gasteiger partial charge in [0.2, 0.25) is 10.0 Å². The van der Waals surface area contributed by atoms with Gasteiger partial charge in [-0.1, -0.05) is 12.1 Å². The number of nitrogens with zero attached hydrogens (tertiary/aromatic N) is 3. The summed E-state index contributed by atoms with van der Waals surface area (Å²) >= 11 is 0. The molecule has 0 bridgehead atoms. The molecule has 5 rings (SSSR count). The molecule has 2 atom stereocenters. The fraction of sp³-hybridized carbons (Fsp3) is 0.273. The molecule has 0 radical (unpaired) electrons. The number of aromatic nitrogens is 2. The van der Waals surface area contributed by atoms with Gasteiger partial charge in [-0.15, -0.1) is 0 Å². The third-order valence-corrected chi connectivity index (χ3v) is 7.68. The normalized spacial score (nSPS) is 21.0. The van der Waals surface area contributed by atoms with Crippen molar-refractivity contribution in [2.75, 3.05) is 13.1 Å². The van der Waals surface area contributed by atoms with Crippen molar-refractivity contribution in [3.8, 4) is 0 Å². The van der Waals surface area contributed by atoms with Gasteiger partial charge < -0.3 is 14.5 Å². The zero-order chi connectivity index (χ0) is 21.4. The van der Waals surface area contributed by atoms with Crippen LogP contribution in [0.3, 0.4) is 0 Å². The number of hydrogen-bond donors (Lipinski definition) is 1. The van der Waals surface area contributed by atoms with Gasteiger partial charge >= 0.3 is 0 Å². The van der Waals surface area contributed by atoms with Crippen molar-refractivity contribution in [1.29, 1.82) is 0 Å². The van der Waals surface area contributed by atoms with Crippen LogP contribution in [-0.4, -0.2) is 47.2 Å². The van der Waals surface area contributed by atoms with Crippen LogP contribution in [0, 0.1) is 5.92 Å². The van der Waals surface area contributed by atoms with Gasteiger partial charge in [-0.2, -0.15) is 4.31 Å². The lowest BCUT2D eigenvalue weighted by Gasteiger charge is -2.33. The molecule has 4 heterocycles. The van der Waals surface area contributed by atoms with Crippen molar-refractivity contribution in [2.24, 2.45) is 5.92 Å². The highest BCUT2D eigenvalue weighted by Gasteiger charge is 2.37. The van der Waals surface area contributed by atoms with Gasteiger partial charge in [0.15, 0.2) is 0 Å². The molecular weight excluding hydrogens is 416 g/mol. The number of rotatable bonds is 5. The largest absolute Gasteiger partial charge is 0.498 e. The lowest BCUT2D eigenvalue weighted by Crippen LogP contribution is -2.44. The Kier molecular flexibility index (Phi) is 4.99. The Morgan fingerprint density at radius 3 is 2.87 bits per heavy atom. The summed E-state index contributed by atoms with van der Waals surface area (Å²) in [5.41, 5.74) is 2.12. The van der Waals surface area contributed by atoms with Crippen LogP contribution in [-0.2, 0) is 21.3 Å². The third-order valence-electron chi connectivity index (χ3n) is 5.80. The van der Waals surface area contributed by atoms with Crippen LogP contribution in [0.2, 0.25) is 0 Å². The second-order valence-electron chi connectivity index (χ2n) is 7.76. The minimum atomic E-state index is -3.56. The van der Waals surface area contributed by atoms with Gasteiger partial charge in [0, 0.05) is 44.1 Å². The molecule has 3 aromatic rings. The van der Waals surface area contributed by atoms with Crippen LogP contribution in [0.15, 0.2) is 72.2 Å². The Labute approximate surface area is 180 Å². The second-order valence-corrected chi connectivity index (χ2v) is 9.69. The summed E-state index contributed by atoms with van der Waals surface area (Å²) in [7, 11) is -3.56. The summed E-state index contributed by atoms with van der Waals surface area (Å²) in [6.45, 7) is 1.18. The van der Waals surface area contributed by atoms with Crippen LogP contribution < -0.4 is 5.32 Å². The van der Waals surface area contributed by atoms with Gasteiger partial charge in [0.25, 0.3) is 5.91 Å². The van der Waals surface area contributed by atoms with Crippen LogP contribution in [0.4, 0.5) is 0 Å². The van der Waals surface area contributed by atoms with Crippen molar-refractivity contribution in [1.82, 2.24) is 19.0 Å². The Hall–Kier alpha value is -3.17. The number of nitrogens with one attached hydrogen (secondary N) is 1. The number of sulfonamides is 1. The lowest BCUT2D eigenvalue weighted by atomic mass is 9.98. The molecule has 2 aliphatic heterocycles. The molecule has 160 valence electrons. The van der Waals surface area contributed by atoms with E-state index in [0.29, 0.717) is 31.6 Å². The fourth-order valence-corrected chi connectivity index (χ4v) is 5.51. The first-order valence-electron chi connectivity index (χ1n) is 10.1. The molecule has 1 saturated heterocycles. The average Bonchev–Trinajstić information content (AvgIpc) is 3.45. The molecule has 0 saturated carbocycles. The maximum atomic E-state index is 13.0. The van der Waals surface area contributed by atoms with Crippen LogP contribution in [0.1, 0.15) is 22.3 Å². The number of carbonyl (C=O) groups excluding carboxylic acids is 1. The number of amides is 1. The highest BCUT2D eigenvalue weighted by molar-refractivity contribution is 7.89. The number of ether oxygens (including phenoxy) is 1. The summed E-state index contributed by atoms with van der Waals surface area (Å²) in [6.07, 6.45) is 9.56. The molecular formula is C22H22N4O4S. The van der Waals surface area contributed by atoms with E-state index in [9.17, 15) is 13.2 Å². The maximum Gasteiger partial charge on any atom is 0.253 e. The molecule has 1 aromatic carbocycles. The topological polar surface area (TPSA) is 93.0 Å². The fourth-order valence-electron chi connectivity index (χ4n) is 4.02. The van der Waals surface area contributed by atoms with Crippen molar-refractivity contribution < 1.29 is 17.9 Å². The third kappa shape index (κ3) is 3.82. The zero-order valence-electron chi connectivity index (χ0n) is 16.7. The number of fused-ring (bicyclic) bond motifs is 2. The minimum absolute atomic E-state index is 0.0897. The summed E-state index contributed by atoms with van der Waals surface area (Å²) < 4.78 is 34.8. The summed E-state index contributed by atoms with van der Waals surface area (Å²) in [5.74, 6) is -0.0958. The number of imidazole rings is 1. The van der Waals surface area contributed by atoms with E-state index in [1.54, 1.807) is 65.7 Å². The average molecular weight is 439 g/mol. The molecule has 31 heavy (non-hydrogen) atoms. The number of benzene rings is 1. The van der Waals surface area contributed by atoms with Crippen molar-refractivity contribution in [3.63, 3.8) is 0 Å². The van der Waals surface area contributed by atoms with Gasteiger partial charge in [-0.3, -0.25) is 4.79 Å². The van der Waals surface area contributed by atoms with E-state index in [-0.39, 0.29) is 22.8 Å². The summed E-state index contributed by atoms with van der Waals surface area (Å²) in [4.78, 5) is 16.9. The first kappa shape index (κ1) is 19.8. The molecule has 1 N–H and O–H groups in total. The molecule has 1 amide bonds. The monoisotopic (exact) mass is 438 g/mol. The first-order valence-corrected chi connectivity index (χ1v) is 11.6. The predicted octanol–water partition coefficient (Wildman–Crippen LogP) is 2.19. The van der Waals surface area contributed by atoms with E-state index in [1.165, 1.54) is 4.31 Å². The van der Waals surface area contributed by atoms with E-state index < -0.39 is 10.0 Å². The lowest BCUT2D eigenvalue weighted by molar-refractivity contribution is 0.0847.